The van der Waals surface area contributed by atoms with Crippen molar-refractivity contribution < 1.29 is 4.74 Å². The predicted octanol–water partition coefficient (Wildman–Crippen LogP) is 2.97. The molecule has 0 saturated heterocycles. The van der Waals surface area contributed by atoms with E-state index in [1.807, 2.05) is 38.4 Å². The number of methoxy groups -OCH3 is 1. The van der Waals surface area contributed by atoms with Crippen molar-refractivity contribution >= 4 is 22.7 Å². The molecule has 154 valence electrons. The van der Waals surface area contributed by atoms with Crippen molar-refractivity contribution in [3.63, 3.8) is 0 Å². The number of nitrogens with zero attached hydrogens (tertiary/aromatic N) is 8. The van der Waals surface area contributed by atoms with E-state index >= 15 is 0 Å². The largest absolute Gasteiger partial charge is 0.481 e. The van der Waals surface area contributed by atoms with Gasteiger partial charge in [0.1, 0.15) is 17.3 Å². The molecule has 0 bridgehead atoms. The lowest BCUT2D eigenvalue weighted by atomic mass is 10.1. The third kappa shape index (κ3) is 3.44. The molecule has 10 heteroatoms. The second-order valence-corrected chi connectivity index (χ2v) is 6.86. The zero-order valence-corrected chi connectivity index (χ0v) is 17.2. The summed E-state index contributed by atoms with van der Waals surface area (Å²) >= 11 is 0. The summed E-state index contributed by atoms with van der Waals surface area (Å²) in [6.07, 6.45) is 5.20. The van der Waals surface area contributed by atoms with Crippen LogP contribution in [-0.2, 0) is 14.1 Å². The molecule has 5 rings (SSSR count). The van der Waals surface area contributed by atoms with E-state index in [-0.39, 0.29) is 0 Å². The number of nitrogens with one attached hydrogen (secondary N) is 1. The Morgan fingerprint density at radius 1 is 0.935 bits per heavy atom. The second-order valence-electron chi connectivity index (χ2n) is 6.86. The van der Waals surface area contributed by atoms with E-state index in [1.54, 1.807) is 47.2 Å². The maximum Gasteiger partial charge on any atom is 0.213 e. The Morgan fingerprint density at radius 3 is 2.58 bits per heavy atom. The number of rotatable bonds is 5. The highest BCUT2D eigenvalue weighted by molar-refractivity contribution is 5.92. The van der Waals surface area contributed by atoms with E-state index in [0.29, 0.717) is 17.5 Å². The first-order valence-electron chi connectivity index (χ1n) is 9.55. The van der Waals surface area contributed by atoms with E-state index in [4.69, 9.17) is 9.72 Å². The smallest absolute Gasteiger partial charge is 0.213 e. The molecule has 1 N–H and O–H groups in total. The first-order chi connectivity index (χ1) is 15.1. The number of anilines is 2. The molecule has 5 aromatic rings. The van der Waals surface area contributed by atoms with Crippen LogP contribution in [0.15, 0.2) is 55.0 Å². The highest BCUT2D eigenvalue weighted by Gasteiger charge is 2.15. The van der Waals surface area contributed by atoms with Gasteiger partial charge in [-0.15, -0.1) is 0 Å². The van der Waals surface area contributed by atoms with Crippen molar-refractivity contribution in [3.8, 4) is 28.7 Å². The molecule has 0 aliphatic heterocycles. The number of aromatic nitrogens is 8. The molecule has 0 saturated carbocycles. The van der Waals surface area contributed by atoms with Crippen LogP contribution in [0.3, 0.4) is 0 Å². The molecule has 0 aromatic carbocycles. The maximum absolute atomic E-state index is 5.22. The molecular weight excluding hydrogens is 394 g/mol. The highest BCUT2D eigenvalue weighted by atomic mass is 16.5. The topological polar surface area (TPSA) is 108 Å². The van der Waals surface area contributed by atoms with E-state index in [1.165, 1.54) is 0 Å². The molecule has 0 spiro atoms. The van der Waals surface area contributed by atoms with Crippen LogP contribution in [0.2, 0.25) is 0 Å². The average Bonchev–Trinajstić information content (AvgIpc) is 3.36. The van der Waals surface area contributed by atoms with Crippen molar-refractivity contribution in [1.82, 2.24) is 39.5 Å². The van der Waals surface area contributed by atoms with Gasteiger partial charge in [0.25, 0.3) is 0 Å². The van der Waals surface area contributed by atoms with Crippen LogP contribution in [-0.4, -0.2) is 46.6 Å². The Kier molecular flexibility index (Phi) is 4.51. The molecule has 5 aromatic heterocycles. The first-order valence-corrected chi connectivity index (χ1v) is 9.55. The van der Waals surface area contributed by atoms with Gasteiger partial charge in [-0.3, -0.25) is 9.36 Å². The molecule has 0 aliphatic rings. The summed E-state index contributed by atoms with van der Waals surface area (Å²) in [7, 11) is 5.30. The number of fused-ring (bicyclic) bond motifs is 1. The maximum atomic E-state index is 5.22. The lowest BCUT2D eigenvalue weighted by molar-refractivity contribution is 0.398. The average molecular weight is 413 g/mol. The van der Waals surface area contributed by atoms with Gasteiger partial charge in [-0.25, -0.2) is 19.9 Å². The van der Waals surface area contributed by atoms with Crippen molar-refractivity contribution in [1.29, 1.82) is 0 Å². The van der Waals surface area contributed by atoms with Gasteiger partial charge in [0.2, 0.25) is 5.88 Å². The lowest BCUT2D eigenvalue weighted by Crippen LogP contribution is -2.03. The zero-order chi connectivity index (χ0) is 21.4. The molecule has 0 unspecified atom stereocenters. The third-order valence-electron chi connectivity index (χ3n) is 4.84. The van der Waals surface area contributed by atoms with Gasteiger partial charge in [-0.2, -0.15) is 10.2 Å². The summed E-state index contributed by atoms with van der Waals surface area (Å²) in [5.41, 5.74) is 3.01. The van der Waals surface area contributed by atoms with Gasteiger partial charge >= 0.3 is 0 Å². The van der Waals surface area contributed by atoms with Gasteiger partial charge in [0.15, 0.2) is 11.5 Å². The normalized spacial score (nSPS) is 11.1. The Labute approximate surface area is 177 Å². The summed E-state index contributed by atoms with van der Waals surface area (Å²) in [5.74, 6) is 2.53. The van der Waals surface area contributed by atoms with Gasteiger partial charge in [0.05, 0.1) is 24.4 Å². The molecule has 31 heavy (non-hydrogen) atoms. The highest BCUT2D eigenvalue weighted by Crippen LogP contribution is 2.29. The van der Waals surface area contributed by atoms with Crippen LogP contribution >= 0.6 is 0 Å². The molecule has 0 aliphatic carbocycles. The fourth-order valence-corrected chi connectivity index (χ4v) is 3.31. The van der Waals surface area contributed by atoms with Crippen LogP contribution in [0.4, 0.5) is 11.6 Å². The van der Waals surface area contributed by atoms with E-state index in [9.17, 15) is 0 Å². The molecule has 0 radical (unpaired) electrons. The van der Waals surface area contributed by atoms with Crippen LogP contribution in [0, 0.1) is 0 Å². The number of hydrogen-bond donors (Lipinski definition) is 1. The Morgan fingerprint density at radius 2 is 1.77 bits per heavy atom. The fraction of sp³-hybridized carbons (Fsp3) is 0.143. The summed E-state index contributed by atoms with van der Waals surface area (Å²) in [4.78, 5) is 18.0. The number of aryl methyl sites for hydroxylation is 2. The molecule has 0 amide bonds. The van der Waals surface area contributed by atoms with Gasteiger partial charge in [-0.05, 0) is 18.2 Å². The van der Waals surface area contributed by atoms with Gasteiger partial charge in [-0.1, -0.05) is 6.07 Å². The van der Waals surface area contributed by atoms with Crippen LogP contribution in [0.1, 0.15) is 0 Å². The predicted molar refractivity (Wildman–Crippen MR) is 116 cm³/mol. The van der Waals surface area contributed by atoms with Gasteiger partial charge < -0.3 is 10.1 Å². The van der Waals surface area contributed by atoms with Gasteiger partial charge in [0, 0.05) is 44.2 Å². The summed E-state index contributed by atoms with van der Waals surface area (Å²) in [6.45, 7) is 0. The van der Waals surface area contributed by atoms with E-state index < -0.39 is 0 Å². The van der Waals surface area contributed by atoms with Crippen molar-refractivity contribution in [2.45, 2.75) is 0 Å². The summed E-state index contributed by atoms with van der Waals surface area (Å²) in [6, 6.07) is 11.2. The molecule has 0 fully saturated rings. The first kappa shape index (κ1) is 18.7. The van der Waals surface area contributed by atoms with Crippen molar-refractivity contribution in [2.24, 2.45) is 14.1 Å². The zero-order valence-electron chi connectivity index (χ0n) is 17.2. The Balaban J connectivity index is 1.55. The minimum atomic E-state index is 0.536. The second kappa shape index (κ2) is 7.48. The Hall–Kier alpha value is -4.34. The summed E-state index contributed by atoms with van der Waals surface area (Å²) in [5, 5.41) is 13.1. The quantitative estimate of drug-likeness (QED) is 0.468. The number of ether oxygens (including phenoxy) is 1. The molecule has 5 heterocycles. The minimum Gasteiger partial charge on any atom is -0.481 e. The summed E-state index contributed by atoms with van der Waals surface area (Å²) < 4.78 is 8.68. The lowest BCUT2D eigenvalue weighted by Gasteiger charge is -2.09. The SMILES string of the molecule is COc1cccc(-c2cc(Nc3cc(-c4ncccn4)c4cnn(C)c4n3)n(C)n2)n1. The molecule has 10 nitrogen and oxygen atoms in total. The fourth-order valence-electron chi connectivity index (χ4n) is 3.31. The van der Waals surface area contributed by atoms with Crippen LogP contribution < -0.4 is 10.1 Å². The Bertz CT molecular complexity index is 1370. The monoisotopic (exact) mass is 413 g/mol. The van der Waals surface area contributed by atoms with Crippen molar-refractivity contribution in [2.75, 3.05) is 12.4 Å². The van der Waals surface area contributed by atoms with E-state index in [2.05, 4.69) is 30.5 Å². The standard InChI is InChI=1S/C21H19N9O/c1-29-18(11-16(28-29)15-6-4-7-19(25-15)31-3)26-17-10-13(20-22-8-5-9-23-20)14-12-24-30(2)21(14)27-17/h4-12H,1-3H3,(H,26,27). The van der Waals surface area contributed by atoms with Crippen LogP contribution in [0.25, 0.3) is 33.8 Å². The number of hydrogen-bond acceptors (Lipinski definition) is 8. The minimum absolute atomic E-state index is 0.536. The van der Waals surface area contributed by atoms with E-state index in [0.717, 1.165) is 33.8 Å². The van der Waals surface area contributed by atoms with Crippen LogP contribution in [0.5, 0.6) is 5.88 Å². The molecule has 0 atom stereocenters. The third-order valence-corrected chi connectivity index (χ3v) is 4.84. The number of pyridine rings is 2. The molecular formula is C21H19N9O. The van der Waals surface area contributed by atoms with Crippen molar-refractivity contribution in [3.05, 3.63) is 55.0 Å².